The number of benzene rings is 1. The molecule has 6 nitrogen and oxygen atoms in total. The molecule has 6 heteroatoms. The highest BCUT2D eigenvalue weighted by molar-refractivity contribution is 6.01. The first-order valence-electron chi connectivity index (χ1n) is 6.29. The number of carbonyl (C=O) groups is 1. The number of carbonyl (C=O) groups excluding carboxylic acids is 1. The molecule has 2 heterocycles. The van der Waals surface area contributed by atoms with Gasteiger partial charge in [0, 0.05) is 11.8 Å². The van der Waals surface area contributed by atoms with Crippen LogP contribution in [0.1, 0.15) is 5.76 Å². The van der Waals surface area contributed by atoms with Crippen LogP contribution in [0, 0.1) is 0 Å². The van der Waals surface area contributed by atoms with E-state index in [0.717, 1.165) is 5.69 Å². The first kappa shape index (κ1) is 12.9. The molecule has 21 heavy (non-hydrogen) atoms. The van der Waals surface area contributed by atoms with E-state index >= 15 is 0 Å². The molecule has 3 rings (SSSR count). The fourth-order valence-corrected chi connectivity index (χ4v) is 1.77. The van der Waals surface area contributed by atoms with E-state index in [1.54, 1.807) is 47.6 Å². The third-order valence-corrected chi connectivity index (χ3v) is 2.76. The molecular weight excluding hydrogens is 268 g/mol. The third kappa shape index (κ3) is 3.24. The van der Waals surface area contributed by atoms with Crippen LogP contribution in [0.25, 0.3) is 11.8 Å². The Morgan fingerprint density at radius 3 is 2.76 bits per heavy atom. The highest BCUT2D eigenvalue weighted by Gasteiger charge is 2.00. The number of aromatic nitrogens is 3. The van der Waals surface area contributed by atoms with Crippen LogP contribution in [0.15, 0.2) is 65.8 Å². The lowest BCUT2D eigenvalue weighted by molar-refractivity contribution is -0.111. The summed E-state index contributed by atoms with van der Waals surface area (Å²) in [5, 5.41) is 6.80. The minimum Gasteiger partial charge on any atom is -0.465 e. The molecule has 2 aromatic heterocycles. The van der Waals surface area contributed by atoms with Gasteiger partial charge in [0.15, 0.2) is 0 Å². The maximum absolute atomic E-state index is 11.8. The molecule has 0 fully saturated rings. The molecule has 104 valence electrons. The van der Waals surface area contributed by atoms with Crippen molar-refractivity contribution >= 4 is 17.7 Å². The largest absolute Gasteiger partial charge is 0.465 e. The van der Waals surface area contributed by atoms with E-state index in [0.29, 0.717) is 11.4 Å². The Balaban J connectivity index is 1.64. The summed E-state index contributed by atoms with van der Waals surface area (Å²) >= 11 is 0. The van der Waals surface area contributed by atoms with Crippen molar-refractivity contribution < 1.29 is 9.21 Å². The molecular formula is C15H12N4O2. The third-order valence-electron chi connectivity index (χ3n) is 2.76. The zero-order chi connectivity index (χ0) is 14.5. The van der Waals surface area contributed by atoms with Crippen LogP contribution in [0.3, 0.4) is 0 Å². The lowest BCUT2D eigenvalue weighted by atomic mass is 10.2. The van der Waals surface area contributed by atoms with Crippen molar-refractivity contribution in [3.8, 4) is 5.69 Å². The molecule has 0 aliphatic rings. The standard InChI is InChI=1S/C15H12N4O2/c20-15(8-7-14-2-1-9-21-14)18-12-3-5-13(6-4-12)19-11-16-10-17-19/h1-11H,(H,18,20)/b8-7+. The Kier molecular flexibility index (Phi) is 3.60. The molecule has 3 aromatic rings. The lowest BCUT2D eigenvalue weighted by Crippen LogP contribution is -2.07. The van der Waals surface area contributed by atoms with Crippen molar-refractivity contribution in [2.75, 3.05) is 5.32 Å². The van der Waals surface area contributed by atoms with Gasteiger partial charge in [-0.15, -0.1) is 0 Å². The molecule has 0 bridgehead atoms. The first-order valence-corrected chi connectivity index (χ1v) is 6.29. The van der Waals surface area contributed by atoms with E-state index in [-0.39, 0.29) is 5.91 Å². The number of hydrogen-bond acceptors (Lipinski definition) is 4. The van der Waals surface area contributed by atoms with E-state index in [9.17, 15) is 4.79 Å². The SMILES string of the molecule is O=C(/C=C/c1ccco1)Nc1ccc(-n2cncn2)cc1. The van der Waals surface area contributed by atoms with Crippen molar-refractivity contribution in [1.82, 2.24) is 14.8 Å². The van der Waals surface area contributed by atoms with E-state index in [2.05, 4.69) is 15.4 Å². The summed E-state index contributed by atoms with van der Waals surface area (Å²) in [6, 6.07) is 10.8. The monoisotopic (exact) mass is 280 g/mol. The molecule has 0 saturated heterocycles. The highest BCUT2D eigenvalue weighted by Crippen LogP contribution is 2.12. The Bertz CT molecular complexity index is 729. The Morgan fingerprint density at radius 2 is 2.10 bits per heavy atom. The Hall–Kier alpha value is -3.15. The van der Waals surface area contributed by atoms with Gasteiger partial charge in [0.25, 0.3) is 0 Å². The van der Waals surface area contributed by atoms with Crippen molar-refractivity contribution in [2.45, 2.75) is 0 Å². The Labute approximate surface area is 120 Å². The molecule has 0 radical (unpaired) electrons. The second kappa shape index (κ2) is 5.87. The van der Waals surface area contributed by atoms with Crippen molar-refractivity contribution in [2.24, 2.45) is 0 Å². The van der Waals surface area contributed by atoms with Crippen molar-refractivity contribution in [1.29, 1.82) is 0 Å². The summed E-state index contributed by atoms with van der Waals surface area (Å²) < 4.78 is 6.75. The van der Waals surface area contributed by atoms with Crippen molar-refractivity contribution in [3.63, 3.8) is 0 Å². The summed E-state index contributed by atoms with van der Waals surface area (Å²) in [6.45, 7) is 0. The number of rotatable bonds is 4. The lowest BCUT2D eigenvalue weighted by Gasteiger charge is -2.04. The molecule has 0 spiro atoms. The summed E-state index contributed by atoms with van der Waals surface area (Å²) in [7, 11) is 0. The smallest absolute Gasteiger partial charge is 0.248 e. The number of amides is 1. The van der Waals surface area contributed by atoms with Gasteiger partial charge in [0.05, 0.1) is 12.0 Å². The van der Waals surface area contributed by atoms with Gasteiger partial charge in [0.2, 0.25) is 5.91 Å². The predicted octanol–water partition coefficient (Wildman–Crippen LogP) is 2.51. The zero-order valence-corrected chi connectivity index (χ0v) is 11.0. The highest BCUT2D eigenvalue weighted by atomic mass is 16.3. The summed E-state index contributed by atoms with van der Waals surface area (Å²) in [6.07, 6.45) is 7.67. The quantitative estimate of drug-likeness (QED) is 0.745. The van der Waals surface area contributed by atoms with Crippen LogP contribution >= 0.6 is 0 Å². The van der Waals surface area contributed by atoms with Gasteiger partial charge in [-0.25, -0.2) is 9.67 Å². The van der Waals surface area contributed by atoms with Gasteiger partial charge in [0.1, 0.15) is 18.4 Å². The molecule has 0 saturated carbocycles. The second-order valence-corrected chi connectivity index (χ2v) is 4.22. The molecule has 1 aromatic carbocycles. The molecule has 0 aliphatic heterocycles. The van der Waals surface area contributed by atoms with Crippen LogP contribution in [-0.4, -0.2) is 20.7 Å². The summed E-state index contributed by atoms with van der Waals surface area (Å²) in [5.74, 6) is 0.409. The van der Waals surface area contributed by atoms with Crippen LogP contribution in [0.2, 0.25) is 0 Å². The molecule has 0 unspecified atom stereocenters. The average molecular weight is 280 g/mol. The predicted molar refractivity (Wildman–Crippen MR) is 77.7 cm³/mol. The van der Waals surface area contributed by atoms with E-state index < -0.39 is 0 Å². The average Bonchev–Trinajstić information content (AvgIpc) is 3.19. The Morgan fingerprint density at radius 1 is 1.24 bits per heavy atom. The molecule has 1 N–H and O–H groups in total. The first-order chi connectivity index (χ1) is 10.3. The number of nitrogens with zero attached hydrogens (tertiary/aromatic N) is 3. The van der Waals surface area contributed by atoms with Crippen LogP contribution < -0.4 is 5.32 Å². The zero-order valence-electron chi connectivity index (χ0n) is 11.0. The number of furan rings is 1. The van der Waals surface area contributed by atoms with E-state index in [1.165, 1.54) is 12.4 Å². The number of hydrogen-bond donors (Lipinski definition) is 1. The fourth-order valence-electron chi connectivity index (χ4n) is 1.77. The van der Waals surface area contributed by atoms with Crippen LogP contribution in [0.4, 0.5) is 5.69 Å². The van der Waals surface area contributed by atoms with Gasteiger partial charge >= 0.3 is 0 Å². The van der Waals surface area contributed by atoms with Gasteiger partial charge in [-0.2, -0.15) is 5.10 Å². The van der Waals surface area contributed by atoms with E-state index in [4.69, 9.17) is 4.42 Å². The normalized spacial score (nSPS) is 10.9. The summed E-state index contributed by atoms with van der Waals surface area (Å²) in [4.78, 5) is 15.6. The number of nitrogens with one attached hydrogen (secondary N) is 1. The van der Waals surface area contributed by atoms with Crippen LogP contribution in [0.5, 0.6) is 0 Å². The second-order valence-electron chi connectivity index (χ2n) is 4.22. The molecule has 0 aliphatic carbocycles. The van der Waals surface area contributed by atoms with Crippen molar-refractivity contribution in [3.05, 3.63) is 67.2 Å². The van der Waals surface area contributed by atoms with Gasteiger partial charge < -0.3 is 9.73 Å². The number of anilines is 1. The van der Waals surface area contributed by atoms with E-state index in [1.807, 2.05) is 12.1 Å². The topological polar surface area (TPSA) is 73.0 Å². The maximum atomic E-state index is 11.8. The molecule has 1 amide bonds. The molecule has 0 atom stereocenters. The minimum atomic E-state index is -0.222. The fraction of sp³-hybridized carbons (Fsp3) is 0. The van der Waals surface area contributed by atoms with Gasteiger partial charge in [-0.05, 0) is 42.5 Å². The summed E-state index contributed by atoms with van der Waals surface area (Å²) in [5.41, 5.74) is 1.57. The van der Waals surface area contributed by atoms with Crippen LogP contribution in [-0.2, 0) is 4.79 Å². The van der Waals surface area contributed by atoms with Gasteiger partial charge in [-0.3, -0.25) is 4.79 Å². The maximum Gasteiger partial charge on any atom is 0.248 e. The minimum absolute atomic E-state index is 0.222. The van der Waals surface area contributed by atoms with Gasteiger partial charge in [-0.1, -0.05) is 0 Å².